The van der Waals surface area contributed by atoms with Gasteiger partial charge in [0.05, 0.1) is 5.56 Å². The summed E-state index contributed by atoms with van der Waals surface area (Å²) in [5.41, 5.74) is 0.653. The lowest BCUT2D eigenvalue weighted by Gasteiger charge is -2.21. The number of nitrogens with zero attached hydrogens (tertiary/aromatic N) is 1. The molecule has 2 aromatic rings. The average Bonchev–Trinajstić information content (AvgIpc) is 2.66. The first-order valence-electron chi connectivity index (χ1n) is 9.20. The lowest BCUT2D eigenvalue weighted by molar-refractivity contribution is -0.126. The summed E-state index contributed by atoms with van der Waals surface area (Å²) in [6.45, 7) is 6.78. The van der Waals surface area contributed by atoms with Gasteiger partial charge in [-0.25, -0.2) is 9.59 Å². The van der Waals surface area contributed by atoms with Gasteiger partial charge in [0.2, 0.25) is 0 Å². The van der Waals surface area contributed by atoms with Gasteiger partial charge < -0.3 is 14.4 Å². The minimum Gasteiger partial charge on any atom is -0.449 e. The first-order chi connectivity index (χ1) is 13.6. The fraction of sp³-hybridized carbons (Fsp3) is 0.318. The quantitative estimate of drug-likeness (QED) is 0.762. The van der Waals surface area contributed by atoms with Crippen LogP contribution in [-0.2, 0) is 14.3 Å². The molecule has 2 amide bonds. The fourth-order valence-electron chi connectivity index (χ4n) is 2.48. The molecule has 0 fully saturated rings. The van der Waals surface area contributed by atoms with Crippen LogP contribution in [0, 0.1) is 0 Å². The van der Waals surface area contributed by atoms with Gasteiger partial charge in [-0.1, -0.05) is 24.3 Å². The number of carbonyl (C=O) groups excluding carboxylic acids is 3. The highest BCUT2D eigenvalue weighted by Gasteiger charge is 2.23. The molecule has 1 N–H and O–H groups in total. The van der Waals surface area contributed by atoms with Crippen LogP contribution in [0.3, 0.4) is 0 Å². The largest absolute Gasteiger partial charge is 0.449 e. The first kappa shape index (κ1) is 21.9. The van der Waals surface area contributed by atoms with E-state index in [2.05, 4.69) is 5.32 Å². The summed E-state index contributed by atoms with van der Waals surface area (Å²) < 4.78 is 10.5. The fourth-order valence-corrected chi connectivity index (χ4v) is 2.48. The molecule has 0 aromatic heterocycles. The van der Waals surface area contributed by atoms with Crippen LogP contribution in [0.25, 0.3) is 0 Å². The first-order valence-corrected chi connectivity index (χ1v) is 9.20. The predicted octanol–water partition coefficient (Wildman–Crippen LogP) is 4.24. The second-order valence-electron chi connectivity index (χ2n) is 7.49. The van der Waals surface area contributed by atoms with Gasteiger partial charge in [0, 0.05) is 18.4 Å². The number of carbonyl (C=O) groups is 3. The lowest BCUT2D eigenvalue weighted by atomic mass is 10.2. The van der Waals surface area contributed by atoms with Crippen LogP contribution in [0.15, 0.2) is 54.6 Å². The second kappa shape index (κ2) is 9.23. The van der Waals surface area contributed by atoms with Crippen molar-refractivity contribution in [3.63, 3.8) is 0 Å². The lowest BCUT2D eigenvalue weighted by Crippen LogP contribution is -2.37. The standard InChI is InChI=1S/C22H26N2O5/c1-15(19(25)24(5)18-12-7-6-8-13-18)28-20(26)16-10-9-11-17(14-16)23-21(27)29-22(2,3)4/h6-15H,1-5H3,(H,23,27)/t15-/m1/s1. The average molecular weight is 398 g/mol. The molecule has 0 radical (unpaired) electrons. The molecular formula is C22H26N2O5. The summed E-state index contributed by atoms with van der Waals surface area (Å²) in [7, 11) is 1.62. The van der Waals surface area contributed by atoms with Crippen molar-refractivity contribution in [1.29, 1.82) is 0 Å². The highest BCUT2D eigenvalue weighted by atomic mass is 16.6. The van der Waals surface area contributed by atoms with Gasteiger partial charge in [0.15, 0.2) is 6.10 Å². The van der Waals surface area contributed by atoms with Gasteiger partial charge in [0.1, 0.15) is 5.60 Å². The molecule has 0 saturated heterocycles. The number of benzene rings is 2. The zero-order chi connectivity index (χ0) is 21.6. The molecule has 2 rings (SSSR count). The number of para-hydroxylation sites is 1. The third-order valence-corrected chi connectivity index (χ3v) is 3.85. The Balaban J connectivity index is 2.01. The zero-order valence-corrected chi connectivity index (χ0v) is 17.3. The Morgan fingerprint density at radius 1 is 1.00 bits per heavy atom. The van der Waals surface area contributed by atoms with Gasteiger partial charge >= 0.3 is 12.1 Å². The van der Waals surface area contributed by atoms with Crippen LogP contribution in [-0.4, -0.2) is 36.7 Å². The summed E-state index contributed by atoms with van der Waals surface area (Å²) in [6.07, 6.45) is -1.61. The molecule has 0 aliphatic heterocycles. The van der Waals surface area contributed by atoms with Crippen molar-refractivity contribution in [2.24, 2.45) is 0 Å². The Hall–Kier alpha value is -3.35. The molecule has 29 heavy (non-hydrogen) atoms. The molecule has 0 spiro atoms. The highest BCUT2D eigenvalue weighted by molar-refractivity contribution is 5.99. The van der Waals surface area contributed by atoms with Crippen molar-refractivity contribution >= 4 is 29.3 Å². The van der Waals surface area contributed by atoms with Crippen molar-refractivity contribution in [3.8, 4) is 0 Å². The van der Waals surface area contributed by atoms with Crippen molar-refractivity contribution in [3.05, 3.63) is 60.2 Å². The number of hydrogen-bond acceptors (Lipinski definition) is 5. The van der Waals surface area contributed by atoms with E-state index in [1.807, 2.05) is 18.2 Å². The number of amides is 2. The van der Waals surface area contributed by atoms with E-state index < -0.39 is 23.8 Å². The normalized spacial score (nSPS) is 11.9. The molecule has 0 bridgehead atoms. The third-order valence-electron chi connectivity index (χ3n) is 3.85. The van der Waals surface area contributed by atoms with E-state index in [1.165, 1.54) is 17.9 Å². The Kier molecular flexibility index (Phi) is 6.98. The molecule has 0 heterocycles. The van der Waals surface area contributed by atoms with E-state index in [1.54, 1.807) is 58.2 Å². The van der Waals surface area contributed by atoms with E-state index >= 15 is 0 Å². The van der Waals surface area contributed by atoms with E-state index in [-0.39, 0.29) is 11.5 Å². The summed E-state index contributed by atoms with van der Waals surface area (Å²) in [4.78, 5) is 38.3. The number of hydrogen-bond donors (Lipinski definition) is 1. The smallest absolute Gasteiger partial charge is 0.412 e. The molecule has 2 aromatic carbocycles. The summed E-state index contributed by atoms with van der Waals surface area (Å²) in [5, 5.41) is 2.57. The van der Waals surface area contributed by atoms with E-state index in [9.17, 15) is 14.4 Å². The molecule has 0 aliphatic rings. The van der Waals surface area contributed by atoms with Gasteiger partial charge in [-0.2, -0.15) is 0 Å². The maximum Gasteiger partial charge on any atom is 0.412 e. The van der Waals surface area contributed by atoms with E-state index in [0.717, 1.165) is 0 Å². The third kappa shape index (κ3) is 6.64. The van der Waals surface area contributed by atoms with Crippen molar-refractivity contribution in [2.45, 2.75) is 39.4 Å². The van der Waals surface area contributed by atoms with Gasteiger partial charge in [-0.15, -0.1) is 0 Å². The predicted molar refractivity (Wildman–Crippen MR) is 111 cm³/mol. The van der Waals surface area contributed by atoms with Crippen LogP contribution in [0.4, 0.5) is 16.2 Å². The monoisotopic (exact) mass is 398 g/mol. The Bertz CT molecular complexity index is 874. The van der Waals surface area contributed by atoms with Crippen LogP contribution in [0.5, 0.6) is 0 Å². The Morgan fingerprint density at radius 2 is 1.66 bits per heavy atom. The van der Waals surface area contributed by atoms with Crippen molar-refractivity contribution in [2.75, 3.05) is 17.3 Å². The van der Waals surface area contributed by atoms with E-state index in [4.69, 9.17) is 9.47 Å². The highest BCUT2D eigenvalue weighted by Crippen LogP contribution is 2.17. The molecule has 7 nitrogen and oxygen atoms in total. The molecular weight excluding hydrogens is 372 g/mol. The Morgan fingerprint density at radius 3 is 2.28 bits per heavy atom. The molecule has 7 heteroatoms. The number of nitrogens with one attached hydrogen (secondary N) is 1. The van der Waals surface area contributed by atoms with Gasteiger partial charge in [0.25, 0.3) is 5.91 Å². The number of esters is 1. The topological polar surface area (TPSA) is 84.9 Å². The van der Waals surface area contributed by atoms with Crippen LogP contribution in [0.2, 0.25) is 0 Å². The van der Waals surface area contributed by atoms with Gasteiger partial charge in [-0.05, 0) is 58.0 Å². The summed E-state index contributed by atoms with van der Waals surface area (Å²) >= 11 is 0. The summed E-state index contributed by atoms with van der Waals surface area (Å²) in [5.74, 6) is -1.02. The van der Waals surface area contributed by atoms with Crippen LogP contribution < -0.4 is 10.2 Å². The van der Waals surface area contributed by atoms with Gasteiger partial charge in [-0.3, -0.25) is 10.1 Å². The summed E-state index contributed by atoms with van der Waals surface area (Å²) in [6, 6.07) is 15.3. The minimum absolute atomic E-state index is 0.209. The van der Waals surface area contributed by atoms with Crippen LogP contribution in [0.1, 0.15) is 38.1 Å². The second-order valence-corrected chi connectivity index (χ2v) is 7.49. The van der Waals surface area contributed by atoms with Crippen molar-refractivity contribution < 1.29 is 23.9 Å². The number of ether oxygens (including phenoxy) is 2. The maximum absolute atomic E-state index is 12.5. The molecule has 0 saturated carbocycles. The van der Waals surface area contributed by atoms with Crippen molar-refractivity contribution in [1.82, 2.24) is 0 Å². The molecule has 154 valence electrons. The van der Waals surface area contributed by atoms with E-state index in [0.29, 0.717) is 11.4 Å². The Labute approximate surface area is 170 Å². The van der Waals surface area contributed by atoms with Crippen LogP contribution >= 0.6 is 0 Å². The number of rotatable bonds is 5. The zero-order valence-electron chi connectivity index (χ0n) is 17.3. The number of anilines is 2. The minimum atomic E-state index is -0.977. The SMILES string of the molecule is C[C@@H](OC(=O)c1cccc(NC(=O)OC(C)(C)C)c1)C(=O)N(C)c1ccccc1. The molecule has 0 unspecified atom stereocenters. The molecule has 0 aliphatic carbocycles. The molecule has 1 atom stereocenters. The maximum atomic E-state index is 12.5. The number of likely N-dealkylation sites (N-methyl/N-ethyl adjacent to an activating group) is 1.